The van der Waals surface area contributed by atoms with Gasteiger partial charge in [0, 0.05) is 6.61 Å². The molecular weight excluding hydrogens is 262 g/mol. The Hall–Kier alpha value is -1.38. The highest BCUT2D eigenvalue weighted by Gasteiger charge is 2.24. The number of ether oxygens (including phenoxy) is 1. The maximum atomic E-state index is 12.1. The number of aryl methyl sites for hydroxylation is 1. The molecule has 1 unspecified atom stereocenters. The van der Waals surface area contributed by atoms with Crippen LogP contribution >= 0.6 is 0 Å². The summed E-state index contributed by atoms with van der Waals surface area (Å²) >= 11 is 0. The number of hydrogen-bond acceptors (Lipinski definition) is 4. The highest BCUT2D eigenvalue weighted by Crippen LogP contribution is 2.18. The molecular formula is C14H17NO3S. The number of rotatable bonds is 4. The fourth-order valence-electron chi connectivity index (χ4n) is 2.28. The van der Waals surface area contributed by atoms with E-state index >= 15 is 0 Å². The average Bonchev–Trinajstić information content (AvgIpc) is 2.83. The van der Waals surface area contributed by atoms with Gasteiger partial charge in [0.1, 0.15) is 0 Å². The Bertz CT molecular complexity index is 596. The van der Waals surface area contributed by atoms with Crippen LogP contribution in [0.3, 0.4) is 0 Å². The number of nitriles is 1. The van der Waals surface area contributed by atoms with E-state index in [4.69, 9.17) is 10.00 Å². The molecule has 1 atom stereocenters. The van der Waals surface area contributed by atoms with Gasteiger partial charge in [-0.15, -0.1) is 0 Å². The maximum absolute atomic E-state index is 12.1. The van der Waals surface area contributed by atoms with Gasteiger partial charge in [0.2, 0.25) is 0 Å². The van der Waals surface area contributed by atoms with Crippen molar-refractivity contribution < 1.29 is 13.2 Å². The minimum atomic E-state index is -3.17. The molecule has 1 heterocycles. The van der Waals surface area contributed by atoms with Crippen LogP contribution in [0.2, 0.25) is 0 Å². The zero-order chi connectivity index (χ0) is 13.9. The predicted molar refractivity (Wildman–Crippen MR) is 72.4 cm³/mol. The minimum absolute atomic E-state index is 0.0183. The second kappa shape index (κ2) is 5.72. The summed E-state index contributed by atoms with van der Waals surface area (Å²) in [6.45, 7) is 2.49. The summed E-state index contributed by atoms with van der Waals surface area (Å²) in [4.78, 5) is 0. The maximum Gasteiger partial charge on any atom is 0.156 e. The van der Waals surface area contributed by atoms with Crippen LogP contribution in [0.15, 0.2) is 18.2 Å². The third kappa shape index (κ3) is 3.79. The van der Waals surface area contributed by atoms with Crippen LogP contribution in [0.25, 0.3) is 0 Å². The number of sulfone groups is 1. The molecule has 1 saturated heterocycles. The minimum Gasteiger partial charge on any atom is -0.377 e. The van der Waals surface area contributed by atoms with Crippen molar-refractivity contribution in [3.63, 3.8) is 0 Å². The van der Waals surface area contributed by atoms with Crippen LogP contribution in [0.1, 0.15) is 29.5 Å². The molecule has 2 rings (SSSR count). The van der Waals surface area contributed by atoms with Crippen molar-refractivity contribution in [2.45, 2.75) is 31.6 Å². The molecule has 19 heavy (non-hydrogen) atoms. The van der Waals surface area contributed by atoms with Crippen molar-refractivity contribution >= 4 is 9.84 Å². The summed E-state index contributed by atoms with van der Waals surface area (Å²) in [6.07, 6.45) is 1.62. The summed E-state index contributed by atoms with van der Waals surface area (Å²) in [7, 11) is -3.17. The molecule has 0 aromatic heterocycles. The Morgan fingerprint density at radius 3 is 2.84 bits per heavy atom. The Balaban J connectivity index is 2.09. The zero-order valence-electron chi connectivity index (χ0n) is 10.9. The fourth-order valence-corrected chi connectivity index (χ4v) is 4.03. The van der Waals surface area contributed by atoms with Crippen LogP contribution in [0.5, 0.6) is 0 Å². The highest BCUT2D eigenvalue weighted by atomic mass is 32.2. The summed E-state index contributed by atoms with van der Waals surface area (Å²) in [5, 5.41) is 8.79. The summed E-state index contributed by atoms with van der Waals surface area (Å²) < 4.78 is 29.6. The van der Waals surface area contributed by atoms with Crippen LogP contribution < -0.4 is 0 Å². The SMILES string of the molecule is Cc1cc(C#N)ccc1CS(=O)(=O)CC1CCCO1. The molecule has 0 amide bonds. The van der Waals surface area contributed by atoms with E-state index in [9.17, 15) is 8.42 Å². The molecule has 1 aliphatic rings. The average molecular weight is 279 g/mol. The molecule has 0 N–H and O–H groups in total. The molecule has 0 radical (unpaired) electrons. The van der Waals surface area contributed by atoms with Gasteiger partial charge in [0.05, 0.1) is 29.2 Å². The van der Waals surface area contributed by atoms with Gasteiger partial charge in [-0.25, -0.2) is 8.42 Å². The second-order valence-corrected chi connectivity index (χ2v) is 7.05. The number of benzene rings is 1. The van der Waals surface area contributed by atoms with Gasteiger partial charge >= 0.3 is 0 Å². The summed E-state index contributed by atoms with van der Waals surface area (Å²) in [6, 6.07) is 7.15. The van der Waals surface area contributed by atoms with E-state index < -0.39 is 9.84 Å². The van der Waals surface area contributed by atoms with Crippen LogP contribution in [0.4, 0.5) is 0 Å². The topological polar surface area (TPSA) is 67.2 Å². The Morgan fingerprint density at radius 2 is 2.26 bits per heavy atom. The smallest absolute Gasteiger partial charge is 0.156 e. The van der Waals surface area contributed by atoms with E-state index in [1.807, 2.05) is 13.0 Å². The predicted octanol–water partition coefficient (Wildman–Crippen LogP) is 1.96. The molecule has 0 aliphatic carbocycles. The molecule has 0 saturated carbocycles. The molecule has 1 fully saturated rings. The second-order valence-electron chi connectivity index (χ2n) is 4.94. The van der Waals surface area contributed by atoms with Crippen molar-refractivity contribution in [3.05, 3.63) is 34.9 Å². The van der Waals surface area contributed by atoms with Crippen molar-refractivity contribution in [1.82, 2.24) is 0 Å². The normalized spacial score (nSPS) is 19.3. The Labute approximate surface area is 113 Å². The van der Waals surface area contributed by atoms with E-state index in [2.05, 4.69) is 0 Å². The van der Waals surface area contributed by atoms with E-state index in [0.717, 1.165) is 24.0 Å². The monoisotopic (exact) mass is 279 g/mol. The van der Waals surface area contributed by atoms with E-state index in [1.165, 1.54) is 0 Å². The van der Waals surface area contributed by atoms with Gasteiger partial charge in [-0.1, -0.05) is 6.07 Å². The fraction of sp³-hybridized carbons (Fsp3) is 0.500. The standard InChI is InChI=1S/C14H17NO3S/c1-11-7-12(8-15)4-5-13(11)9-19(16,17)10-14-3-2-6-18-14/h4-5,7,14H,2-3,6,9-10H2,1H3. The third-order valence-electron chi connectivity index (χ3n) is 3.31. The van der Waals surface area contributed by atoms with E-state index in [0.29, 0.717) is 12.2 Å². The number of hydrogen-bond donors (Lipinski definition) is 0. The molecule has 1 aromatic carbocycles. The van der Waals surface area contributed by atoms with Crippen LogP contribution in [-0.4, -0.2) is 26.9 Å². The van der Waals surface area contributed by atoms with Gasteiger partial charge < -0.3 is 4.74 Å². The lowest BCUT2D eigenvalue weighted by Gasteiger charge is -2.11. The molecule has 0 spiro atoms. The molecule has 1 aliphatic heterocycles. The lowest BCUT2D eigenvalue weighted by molar-refractivity contribution is 0.127. The van der Waals surface area contributed by atoms with Crippen molar-refractivity contribution in [1.29, 1.82) is 5.26 Å². The zero-order valence-corrected chi connectivity index (χ0v) is 11.7. The van der Waals surface area contributed by atoms with Crippen molar-refractivity contribution in [2.24, 2.45) is 0 Å². The van der Waals surface area contributed by atoms with Crippen molar-refractivity contribution in [2.75, 3.05) is 12.4 Å². The highest BCUT2D eigenvalue weighted by molar-refractivity contribution is 7.90. The van der Waals surface area contributed by atoms with Gasteiger partial charge in [-0.05, 0) is 43.0 Å². The summed E-state index contributed by atoms with van der Waals surface area (Å²) in [5.41, 5.74) is 2.16. The van der Waals surface area contributed by atoms with Gasteiger partial charge in [0.15, 0.2) is 9.84 Å². The lowest BCUT2D eigenvalue weighted by Crippen LogP contribution is -2.21. The third-order valence-corrected chi connectivity index (χ3v) is 4.94. The first-order valence-electron chi connectivity index (χ1n) is 6.32. The lowest BCUT2D eigenvalue weighted by atomic mass is 10.1. The van der Waals surface area contributed by atoms with E-state index in [1.54, 1.807) is 18.2 Å². The Morgan fingerprint density at radius 1 is 1.47 bits per heavy atom. The van der Waals surface area contributed by atoms with Gasteiger partial charge in [-0.2, -0.15) is 5.26 Å². The summed E-state index contributed by atoms with van der Waals surface area (Å²) in [5.74, 6) is 0.108. The first-order valence-corrected chi connectivity index (χ1v) is 8.14. The van der Waals surface area contributed by atoms with E-state index in [-0.39, 0.29) is 17.6 Å². The molecule has 0 bridgehead atoms. The number of nitrogens with zero attached hydrogens (tertiary/aromatic N) is 1. The van der Waals surface area contributed by atoms with Gasteiger partial charge in [0.25, 0.3) is 0 Å². The molecule has 5 heteroatoms. The molecule has 102 valence electrons. The van der Waals surface area contributed by atoms with Crippen LogP contribution in [-0.2, 0) is 20.3 Å². The molecule has 1 aromatic rings. The van der Waals surface area contributed by atoms with Crippen molar-refractivity contribution in [3.8, 4) is 6.07 Å². The largest absolute Gasteiger partial charge is 0.377 e. The molecule has 4 nitrogen and oxygen atoms in total. The first-order chi connectivity index (χ1) is 9.00. The quantitative estimate of drug-likeness (QED) is 0.845. The van der Waals surface area contributed by atoms with Crippen LogP contribution in [0, 0.1) is 18.3 Å². The van der Waals surface area contributed by atoms with Gasteiger partial charge in [-0.3, -0.25) is 0 Å². The Kier molecular flexibility index (Phi) is 4.23. The first kappa shape index (κ1) is 14.0.